The van der Waals surface area contributed by atoms with Crippen LogP contribution in [0.5, 0.6) is 11.5 Å². The fourth-order valence-electron chi connectivity index (χ4n) is 2.52. The van der Waals surface area contributed by atoms with Gasteiger partial charge in [-0.15, -0.1) is 0 Å². The van der Waals surface area contributed by atoms with Crippen molar-refractivity contribution in [3.63, 3.8) is 0 Å². The van der Waals surface area contributed by atoms with E-state index in [-0.39, 0.29) is 6.10 Å². The van der Waals surface area contributed by atoms with Gasteiger partial charge in [0.05, 0.1) is 33.0 Å². The zero-order chi connectivity index (χ0) is 17.2. The maximum absolute atomic E-state index is 10.2. The van der Waals surface area contributed by atoms with Gasteiger partial charge in [0.1, 0.15) is 0 Å². The summed E-state index contributed by atoms with van der Waals surface area (Å²) in [6.45, 7) is 8.60. The van der Waals surface area contributed by atoms with Crippen molar-refractivity contribution in [2.24, 2.45) is 0 Å². The number of rotatable bonds is 11. The van der Waals surface area contributed by atoms with Crippen LogP contribution in [0.1, 0.15) is 32.8 Å². The molecule has 0 radical (unpaired) electrons. The van der Waals surface area contributed by atoms with Gasteiger partial charge >= 0.3 is 0 Å². The molecule has 0 spiro atoms. The van der Waals surface area contributed by atoms with Gasteiger partial charge in [-0.25, -0.2) is 0 Å². The van der Waals surface area contributed by atoms with E-state index in [1.54, 1.807) is 14.2 Å². The Labute approximate surface area is 140 Å². The molecule has 0 heterocycles. The minimum absolute atomic E-state index is 0.128. The van der Waals surface area contributed by atoms with Crippen LogP contribution in [-0.2, 0) is 11.3 Å². The van der Waals surface area contributed by atoms with Crippen molar-refractivity contribution >= 4 is 0 Å². The van der Waals surface area contributed by atoms with Gasteiger partial charge in [-0.2, -0.15) is 0 Å². The van der Waals surface area contributed by atoms with E-state index in [0.717, 1.165) is 30.0 Å². The van der Waals surface area contributed by atoms with Crippen molar-refractivity contribution in [1.82, 2.24) is 4.90 Å². The zero-order valence-electron chi connectivity index (χ0n) is 15.0. The highest BCUT2D eigenvalue weighted by atomic mass is 16.5. The van der Waals surface area contributed by atoms with Gasteiger partial charge in [0.2, 0.25) is 0 Å². The van der Waals surface area contributed by atoms with Crippen LogP contribution in [0, 0.1) is 0 Å². The van der Waals surface area contributed by atoms with Crippen molar-refractivity contribution in [3.8, 4) is 11.5 Å². The highest BCUT2D eigenvalue weighted by Gasteiger charge is 2.16. The smallest absolute Gasteiger partial charge is 0.165 e. The van der Waals surface area contributed by atoms with Crippen molar-refractivity contribution in [2.75, 3.05) is 33.9 Å². The molecule has 5 nitrogen and oxygen atoms in total. The highest BCUT2D eigenvalue weighted by Crippen LogP contribution is 2.31. The first-order valence-corrected chi connectivity index (χ1v) is 8.23. The molecule has 5 heteroatoms. The average molecular weight is 325 g/mol. The predicted molar refractivity (Wildman–Crippen MR) is 92.2 cm³/mol. The van der Waals surface area contributed by atoms with Crippen LogP contribution >= 0.6 is 0 Å². The lowest BCUT2D eigenvalue weighted by molar-refractivity contribution is -0.00956. The molecule has 0 aliphatic heterocycles. The van der Waals surface area contributed by atoms with E-state index in [2.05, 4.69) is 11.8 Å². The van der Waals surface area contributed by atoms with Crippen LogP contribution in [0.15, 0.2) is 18.2 Å². The summed E-state index contributed by atoms with van der Waals surface area (Å²) in [5.74, 6) is 1.48. The number of hydrogen-bond donors (Lipinski definition) is 1. The summed E-state index contributed by atoms with van der Waals surface area (Å²) in [6.07, 6.45) is 0.646. The molecule has 1 aromatic carbocycles. The fourth-order valence-corrected chi connectivity index (χ4v) is 2.52. The second kappa shape index (κ2) is 10.5. The Kier molecular flexibility index (Phi) is 8.99. The zero-order valence-corrected chi connectivity index (χ0v) is 15.0. The largest absolute Gasteiger partial charge is 0.493 e. The molecular weight excluding hydrogens is 294 g/mol. The number of ether oxygens (including phenoxy) is 3. The Balaban J connectivity index is 2.75. The van der Waals surface area contributed by atoms with E-state index in [1.807, 2.05) is 32.0 Å². The molecule has 1 N–H and O–H groups in total. The standard InChI is InChI=1S/C18H31NO4/c1-6-10-19(12-16(20)13-23-14(2)3)11-15-8-7-9-17(21-4)18(15)22-5/h7-9,14,16,20H,6,10-13H2,1-5H3/t16-/m1/s1. The molecule has 1 aromatic rings. The van der Waals surface area contributed by atoms with E-state index in [9.17, 15) is 5.11 Å². The second-order valence-corrected chi connectivity index (χ2v) is 5.92. The Morgan fingerprint density at radius 3 is 2.48 bits per heavy atom. The minimum Gasteiger partial charge on any atom is -0.493 e. The summed E-state index contributed by atoms with van der Waals surface area (Å²) in [6, 6.07) is 5.87. The van der Waals surface area contributed by atoms with Crippen LogP contribution in [0.2, 0.25) is 0 Å². The van der Waals surface area contributed by atoms with Crippen LogP contribution in [0.3, 0.4) is 0 Å². The molecular formula is C18H31NO4. The second-order valence-electron chi connectivity index (χ2n) is 5.92. The first-order chi connectivity index (χ1) is 11.0. The number of para-hydroxylation sites is 1. The van der Waals surface area contributed by atoms with Gasteiger partial charge in [0.15, 0.2) is 11.5 Å². The number of benzene rings is 1. The van der Waals surface area contributed by atoms with Gasteiger partial charge in [-0.3, -0.25) is 4.90 Å². The predicted octanol–water partition coefficient (Wildman–Crippen LogP) is 2.70. The molecule has 1 rings (SSSR count). The summed E-state index contributed by atoms with van der Waals surface area (Å²) < 4.78 is 16.3. The SMILES string of the molecule is CCCN(Cc1cccc(OC)c1OC)C[C@@H](O)COC(C)C. The van der Waals surface area contributed by atoms with Crippen LogP contribution in [-0.4, -0.2) is 56.1 Å². The molecule has 0 unspecified atom stereocenters. The van der Waals surface area contributed by atoms with Gasteiger partial charge in [0, 0.05) is 18.7 Å². The van der Waals surface area contributed by atoms with E-state index < -0.39 is 6.10 Å². The van der Waals surface area contributed by atoms with Crippen molar-refractivity contribution in [1.29, 1.82) is 0 Å². The van der Waals surface area contributed by atoms with Gasteiger partial charge in [0.25, 0.3) is 0 Å². The molecule has 0 aliphatic rings. The number of methoxy groups -OCH3 is 2. The van der Waals surface area contributed by atoms with Crippen LogP contribution in [0.4, 0.5) is 0 Å². The quantitative estimate of drug-likeness (QED) is 0.678. The van der Waals surface area contributed by atoms with Gasteiger partial charge in [-0.1, -0.05) is 19.1 Å². The molecule has 0 saturated carbocycles. The molecule has 0 saturated heterocycles. The number of nitrogens with zero attached hydrogens (tertiary/aromatic N) is 1. The number of aliphatic hydroxyl groups excluding tert-OH is 1. The Morgan fingerprint density at radius 2 is 1.91 bits per heavy atom. The first-order valence-electron chi connectivity index (χ1n) is 8.23. The van der Waals surface area contributed by atoms with Crippen LogP contribution < -0.4 is 9.47 Å². The lowest BCUT2D eigenvalue weighted by Gasteiger charge is -2.26. The Bertz CT molecular complexity index is 451. The molecule has 23 heavy (non-hydrogen) atoms. The summed E-state index contributed by atoms with van der Waals surface area (Å²) in [5.41, 5.74) is 1.05. The average Bonchev–Trinajstić information content (AvgIpc) is 2.52. The molecule has 0 bridgehead atoms. The van der Waals surface area contributed by atoms with Gasteiger partial charge < -0.3 is 19.3 Å². The summed E-state index contributed by atoms with van der Waals surface area (Å²) >= 11 is 0. The first kappa shape index (κ1) is 19.7. The van der Waals surface area contributed by atoms with E-state index >= 15 is 0 Å². The molecule has 0 aromatic heterocycles. The Hall–Kier alpha value is -1.30. The van der Waals surface area contributed by atoms with Crippen molar-refractivity contribution in [2.45, 2.75) is 45.9 Å². The third-order valence-electron chi connectivity index (χ3n) is 3.51. The lowest BCUT2D eigenvalue weighted by atomic mass is 10.1. The Morgan fingerprint density at radius 1 is 1.17 bits per heavy atom. The van der Waals surface area contributed by atoms with Gasteiger partial charge in [-0.05, 0) is 32.9 Å². The molecule has 0 aliphatic carbocycles. The molecule has 132 valence electrons. The van der Waals surface area contributed by atoms with E-state index in [4.69, 9.17) is 14.2 Å². The van der Waals surface area contributed by atoms with E-state index in [0.29, 0.717) is 19.7 Å². The van der Waals surface area contributed by atoms with Crippen molar-refractivity contribution in [3.05, 3.63) is 23.8 Å². The summed E-state index contributed by atoms with van der Waals surface area (Å²) in [7, 11) is 3.29. The molecule has 0 fully saturated rings. The third kappa shape index (κ3) is 6.77. The maximum atomic E-state index is 10.2. The topological polar surface area (TPSA) is 51.2 Å². The van der Waals surface area contributed by atoms with Crippen LogP contribution in [0.25, 0.3) is 0 Å². The molecule has 1 atom stereocenters. The summed E-state index contributed by atoms with van der Waals surface area (Å²) in [4.78, 5) is 2.21. The minimum atomic E-state index is -0.499. The molecule has 0 amide bonds. The maximum Gasteiger partial charge on any atom is 0.165 e. The third-order valence-corrected chi connectivity index (χ3v) is 3.51. The van der Waals surface area contributed by atoms with E-state index in [1.165, 1.54) is 0 Å². The number of hydrogen-bond acceptors (Lipinski definition) is 5. The number of aliphatic hydroxyl groups is 1. The fraction of sp³-hybridized carbons (Fsp3) is 0.667. The van der Waals surface area contributed by atoms with Crippen molar-refractivity contribution < 1.29 is 19.3 Å². The monoisotopic (exact) mass is 325 g/mol. The lowest BCUT2D eigenvalue weighted by Crippen LogP contribution is -2.35. The summed E-state index contributed by atoms with van der Waals surface area (Å²) in [5, 5.41) is 10.2. The normalized spacial score (nSPS) is 12.7. The highest BCUT2D eigenvalue weighted by molar-refractivity contribution is 5.46.